The van der Waals surface area contributed by atoms with Crippen molar-refractivity contribution in [1.29, 1.82) is 0 Å². The zero-order chi connectivity index (χ0) is 16.3. The van der Waals surface area contributed by atoms with Crippen molar-refractivity contribution < 1.29 is 14.3 Å². The molecule has 0 spiro atoms. The van der Waals surface area contributed by atoms with Crippen LogP contribution in [0.4, 0.5) is 0 Å². The van der Waals surface area contributed by atoms with Gasteiger partial charge in [0.1, 0.15) is 17.1 Å². The number of hydrogen-bond donors (Lipinski definition) is 2. The maximum absolute atomic E-state index is 12.0. The molecule has 0 aromatic carbocycles. The minimum atomic E-state index is -1.16. The van der Waals surface area contributed by atoms with Gasteiger partial charge in [0.25, 0.3) is 0 Å². The van der Waals surface area contributed by atoms with Crippen molar-refractivity contribution in [3.63, 3.8) is 0 Å². The Kier molecular flexibility index (Phi) is 5.03. The van der Waals surface area contributed by atoms with E-state index >= 15 is 0 Å². The van der Waals surface area contributed by atoms with Crippen LogP contribution in [-0.2, 0) is 23.2 Å². The number of aliphatic hydroxyl groups is 1. The Morgan fingerprint density at radius 2 is 2.23 bits per heavy atom. The average Bonchev–Trinajstić information content (AvgIpc) is 3.03. The van der Waals surface area contributed by atoms with Gasteiger partial charge in [0.05, 0.1) is 23.7 Å². The number of furan rings is 1. The second-order valence-electron chi connectivity index (χ2n) is 5.64. The van der Waals surface area contributed by atoms with Gasteiger partial charge in [0, 0.05) is 10.9 Å². The van der Waals surface area contributed by atoms with E-state index in [1.165, 1.54) is 0 Å². The summed E-state index contributed by atoms with van der Waals surface area (Å²) >= 11 is 1.56. The first kappa shape index (κ1) is 16.7. The fourth-order valence-corrected chi connectivity index (χ4v) is 3.10. The molecule has 0 radical (unpaired) electrons. The fraction of sp³-hybridized carbons (Fsp3) is 0.500. The standard InChI is InChI=1S/C16H22N2O3S/c1-5-15-18-12(8-22-15)7-14(19)17-9-16(4,20)13-6-10(2)21-11(13)3/h6,8,20H,5,7,9H2,1-4H3,(H,17,19). The number of rotatable bonds is 6. The Labute approximate surface area is 134 Å². The van der Waals surface area contributed by atoms with Gasteiger partial charge < -0.3 is 14.8 Å². The number of hydrogen-bond acceptors (Lipinski definition) is 5. The third-order valence-electron chi connectivity index (χ3n) is 3.49. The number of carbonyl (C=O) groups excluding carboxylic acids is 1. The average molecular weight is 322 g/mol. The van der Waals surface area contributed by atoms with Gasteiger partial charge in [-0.2, -0.15) is 0 Å². The summed E-state index contributed by atoms with van der Waals surface area (Å²) in [6, 6.07) is 1.80. The van der Waals surface area contributed by atoms with Crippen molar-refractivity contribution in [1.82, 2.24) is 10.3 Å². The molecule has 0 aliphatic rings. The summed E-state index contributed by atoms with van der Waals surface area (Å²) in [4.78, 5) is 16.4. The van der Waals surface area contributed by atoms with Crippen LogP contribution in [0, 0.1) is 13.8 Å². The summed E-state index contributed by atoms with van der Waals surface area (Å²) in [5.41, 5.74) is 0.315. The summed E-state index contributed by atoms with van der Waals surface area (Å²) < 4.78 is 5.44. The van der Waals surface area contributed by atoms with Gasteiger partial charge in [0.2, 0.25) is 5.91 Å². The van der Waals surface area contributed by atoms with Crippen LogP contribution in [0.1, 0.15) is 41.6 Å². The Morgan fingerprint density at radius 3 is 2.77 bits per heavy atom. The number of carbonyl (C=O) groups is 1. The van der Waals surface area contributed by atoms with E-state index in [1.54, 1.807) is 31.3 Å². The van der Waals surface area contributed by atoms with E-state index in [1.807, 2.05) is 19.2 Å². The number of nitrogens with zero attached hydrogens (tertiary/aromatic N) is 1. The number of aryl methyl sites for hydroxylation is 3. The van der Waals surface area contributed by atoms with Crippen LogP contribution < -0.4 is 5.32 Å². The molecule has 1 amide bonds. The van der Waals surface area contributed by atoms with Gasteiger partial charge in [-0.3, -0.25) is 4.79 Å². The molecule has 2 heterocycles. The molecule has 0 aliphatic heterocycles. The van der Waals surface area contributed by atoms with Gasteiger partial charge in [-0.1, -0.05) is 6.92 Å². The van der Waals surface area contributed by atoms with E-state index < -0.39 is 5.60 Å². The van der Waals surface area contributed by atoms with Crippen LogP contribution in [0.3, 0.4) is 0 Å². The van der Waals surface area contributed by atoms with Crippen LogP contribution >= 0.6 is 11.3 Å². The molecule has 0 saturated heterocycles. The summed E-state index contributed by atoms with van der Waals surface area (Å²) in [6.45, 7) is 7.48. The van der Waals surface area contributed by atoms with Crippen LogP contribution in [0.15, 0.2) is 15.9 Å². The summed E-state index contributed by atoms with van der Waals surface area (Å²) in [7, 11) is 0. The minimum absolute atomic E-state index is 0.135. The van der Waals surface area contributed by atoms with Gasteiger partial charge >= 0.3 is 0 Å². The molecule has 120 valence electrons. The lowest BCUT2D eigenvalue weighted by atomic mass is 9.96. The number of nitrogens with one attached hydrogen (secondary N) is 1. The maximum Gasteiger partial charge on any atom is 0.226 e. The van der Waals surface area contributed by atoms with Crippen molar-refractivity contribution in [3.05, 3.63) is 39.2 Å². The third kappa shape index (κ3) is 3.96. The Bertz CT molecular complexity index is 658. The molecule has 0 bridgehead atoms. The molecule has 0 fully saturated rings. The van der Waals surface area contributed by atoms with E-state index in [0.29, 0.717) is 11.3 Å². The van der Waals surface area contributed by atoms with Gasteiger partial charge in [-0.15, -0.1) is 11.3 Å². The maximum atomic E-state index is 12.0. The Balaban J connectivity index is 1.93. The summed E-state index contributed by atoms with van der Waals surface area (Å²) in [5.74, 6) is 1.27. The highest BCUT2D eigenvalue weighted by atomic mass is 32.1. The Morgan fingerprint density at radius 1 is 1.50 bits per heavy atom. The third-order valence-corrected chi connectivity index (χ3v) is 4.54. The molecule has 1 unspecified atom stereocenters. The lowest BCUT2D eigenvalue weighted by Crippen LogP contribution is -2.39. The monoisotopic (exact) mass is 322 g/mol. The van der Waals surface area contributed by atoms with E-state index in [-0.39, 0.29) is 18.9 Å². The normalized spacial score (nSPS) is 13.9. The number of amides is 1. The van der Waals surface area contributed by atoms with Crippen LogP contribution in [0.5, 0.6) is 0 Å². The van der Waals surface area contributed by atoms with Crippen LogP contribution in [0.2, 0.25) is 0 Å². The molecule has 2 N–H and O–H groups in total. The molecular formula is C16H22N2O3S. The first-order valence-corrected chi connectivity index (χ1v) is 8.19. The van der Waals surface area contributed by atoms with Gasteiger partial charge in [-0.05, 0) is 33.3 Å². The summed E-state index contributed by atoms with van der Waals surface area (Å²) in [6.07, 6.45) is 1.11. The molecular weight excluding hydrogens is 300 g/mol. The first-order chi connectivity index (χ1) is 10.3. The fourth-order valence-electron chi connectivity index (χ4n) is 2.35. The molecule has 2 aromatic rings. The smallest absolute Gasteiger partial charge is 0.226 e. The van der Waals surface area contributed by atoms with Crippen molar-refractivity contribution in [2.75, 3.05) is 6.54 Å². The van der Waals surface area contributed by atoms with E-state index in [2.05, 4.69) is 10.3 Å². The quantitative estimate of drug-likeness (QED) is 0.857. The molecule has 22 heavy (non-hydrogen) atoms. The number of aromatic nitrogens is 1. The highest BCUT2D eigenvalue weighted by Crippen LogP contribution is 2.26. The van der Waals surface area contributed by atoms with E-state index in [9.17, 15) is 9.90 Å². The zero-order valence-corrected chi connectivity index (χ0v) is 14.2. The highest BCUT2D eigenvalue weighted by molar-refractivity contribution is 7.09. The van der Waals surface area contributed by atoms with Crippen LogP contribution in [0.25, 0.3) is 0 Å². The predicted molar refractivity (Wildman–Crippen MR) is 86.0 cm³/mol. The second-order valence-corrected chi connectivity index (χ2v) is 6.58. The van der Waals surface area contributed by atoms with Crippen molar-refractivity contribution in [3.8, 4) is 0 Å². The SMILES string of the molecule is CCc1nc(CC(=O)NCC(C)(O)c2cc(C)oc2C)cs1. The van der Waals surface area contributed by atoms with Crippen molar-refractivity contribution >= 4 is 17.2 Å². The molecule has 5 nitrogen and oxygen atoms in total. The molecule has 2 rings (SSSR count). The number of thiazole rings is 1. The van der Waals surface area contributed by atoms with E-state index in [0.717, 1.165) is 22.9 Å². The predicted octanol–water partition coefficient (Wildman–Crippen LogP) is 2.48. The lowest BCUT2D eigenvalue weighted by Gasteiger charge is -2.23. The van der Waals surface area contributed by atoms with Gasteiger partial charge in [0.15, 0.2) is 0 Å². The topological polar surface area (TPSA) is 75.4 Å². The molecule has 0 saturated carbocycles. The molecule has 6 heteroatoms. The molecule has 0 aliphatic carbocycles. The molecule has 2 aromatic heterocycles. The van der Waals surface area contributed by atoms with E-state index in [4.69, 9.17) is 4.42 Å². The first-order valence-electron chi connectivity index (χ1n) is 7.31. The zero-order valence-electron chi connectivity index (χ0n) is 13.4. The highest BCUT2D eigenvalue weighted by Gasteiger charge is 2.28. The lowest BCUT2D eigenvalue weighted by molar-refractivity contribution is -0.121. The Hall–Kier alpha value is -1.66. The van der Waals surface area contributed by atoms with Crippen molar-refractivity contribution in [2.24, 2.45) is 0 Å². The largest absolute Gasteiger partial charge is 0.466 e. The molecule has 1 atom stereocenters. The van der Waals surface area contributed by atoms with Gasteiger partial charge in [-0.25, -0.2) is 4.98 Å². The minimum Gasteiger partial charge on any atom is -0.466 e. The summed E-state index contributed by atoms with van der Waals surface area (Å²) in [5, 5.41) is 16.2. The van der Waals surface area contributed by atoms with Crippen LogP contribution in [-0.4, -0.2) is 22.5 Å². The second kappa shape index (κ2) is 6.62. The van der Waals surface area contributed by atoms with Crippen molar-refractivity contribution in [2.45, 2.75) is 46.1 Å².